The maximum absolute atomic E-state index is 6.83. The van der Waals surface area contributed by atoms with Gasteiger partial charge in [0, 0.05) is 5.54 Å². The predicted octanol–water partition coefficient (Wildman–Crippen LogP) is 4.11. The monoisotopic (exact) mass is 223 g/mol. The lowest BCUT2D eigenvalue weighted by Gasteiger charge is -2.47. The van der Waals surface area contributed by atoms with Crippen LogP contribution in [0, 0.1) is 17.3 Å². The zero-order chi connectivity index (χ0) is 11.8. The minimum absolute atomic E-state index is 0.140. The van der Waals surface area contributed by atoms with Crippen LogP contribution in [0.25, 0.3) is 0 Å². The lowest BCUT2D eigenvalue weighted by Crippen LogP contribution is -2.55. The van der Waals surface area contributed by atoms with Crippen LogP contribution >= 0.6 is 0 Å². The second kappa shape index (κ2) is 4.33. The van der Waals surface area contributed by atoms with E-state index in [4.69, 9.17) is 5.73 Å². The molecule has 2 aliphatic carbocycles. The first kappa shape index (κ1) is 12.4. The lowest BCUT2D eigenvalue weighted by atomic mass is 9.62. The van der Waals surface area contributed by atoms with E-state index in [1.165, 1.54) is 51.4 Å². The summed E-state index contributed by atoms with van der Waals surface area (Å²) in [4.78, 5) is 0. The van der Waals surface area contributed by atoms with Crippen LogP contribution in [-0.2, 0) is 0 Å². The predicted molar refractivity (Wildman–Crippen MR) is 70.3 cm³/mol. The van der Waals surface area contributed by atoms with Gasteiger partial charge in [-0.1, -0.05) is 46.5 Å². The molecule has 94 valence electrons. The molecule has 16 heavy (non-hydrogen) atoms. The Balaban J connectivity index is 2.11. The summed E-state index contributed by atoms with van der Waals surface area (Å²) in [7, 11) is 0. The Bertz CT molecular complexity index is 246. The zero-order valence-electron chi connectivity index (χ0n) is 11.4. The standard InChI is InChI=1S/C15H29N/c1-4-12-7-5-8-13(11-12)15(16)10-6-9-14(15,2)3/h12-13H,4-11,16H2,1-3H3. The van der Waals surface area contributed by atoms with Gasteiger partial charge in [0.1, 0.15) is 0 Å². The van der Waals surface area contributed by atoms with Crippen molar-refractivity contribution in [3.05, 3.63) is 0 Å². The van der Waals surface area contributed by atoms with E-state index in [9.17, 15) is 0 Å². The highest BCUT2D eigenvalue weighted by atomic mass is 14.8. The molecule has 0 heterocycles. The van der Waals surface area contributed by atoms with E-state index in [0.29, 0.717) is 5.41 Å². The van der Waals surface area contributed by atoms with Crippen molar-refractivity contribution >= 4 is 0 Å². The van der Waals surface area contributed by atoms with Gasteiger partial charge in [-0.2, -0.15) is 0 Å². The van der Waals surface area contributed by atoms with E-state index in [2.05, 4.69) is 20.8 Å². The second-order valence-corrected chi connectivity index (χ2v) is 6.92. The van der Waals surface area contributed by atoms with Crippen LogP contribution in [0.5, 0.6) is 0 Å². The molecule has 2 saturated carbocycles. The molecule has 1 nitrogen and oxygen atoms in total. The van der Waals surface area contributed by atoms with Gasteiger partial charge in [-0.15, -0.1) is 0 Å². The van der Waals surface area contributed by atoms with E-state index in [-0.39, 0.29) is 5.54 Å². The Hall–Kier alpha value is -0.0400. The van der Waals surface area contributed by atoms with Gasteiger partial charge in [-0.3, -0.25) is 0 Å². The van der Waals surface area contributed by atoms with Gasteiger partial charge in [-0.05, 0) is 42.9 Å². The first-order valence-electron chi connectivity index (χ1n) is 7.28. The molecule has 0 aromatic heterocycles. The van der Waals surface area contributed by atoms with Crippen molar-refractivity contribution in [1.29, 1.82) is 0 Å². The molecule has 0 aromatic carbocycles. The first-order chi connectivity index (χ1) is 7.49. The fourth-order valence-corrected chi connectivity index (χ4v) is 4.28. The molecule has 0 aliphatic heterocycles. The van der Waals surface area contributed by atoms with Crippen LogP contribution in [0.4, 0.5) is 0 Å². The Labute approximate surface area is 101 Å². The Morgan fingerprint density at radius 2 is 1.88 bits per heavy atom. The minimum atomic E-state index is 0.140. The van der Waals surface area contributed by atoms with Gasteiger partial charge < -0.3 is 5.73 Å². The molecule has 0 saturated heterocycles. The van der Waals surface area contributed by atoms with Gasteiger partial charge in [-0.25, -0.2) is 0 Å². The van der Waals surface area contributed by atoms with Gasteiger partial charge in [0.2, 0.25) is 0 Å². The van der Waals surface area contributed by atoms with Gasteiger partial charge in [0.25, 0.3) is 0 Å². The van der Waals surface area contributed by atoms with Crippen molar-refractivity contribution in [1.82, 2.24) is 0 Å². The maximum Gasteiger partial charge on any atom is 0.0234 e. The molecule has 3 unspecified atom stereocenters. The van der Waals surface area contributed by atoms with Gasteiger partial charge in [0.15, 0.2) is 0 Å². The zero-order valence-corrected chi connectivity index (χ0v) is 11.4. The second-order valence-electron chi connectivity index (χ2n) is 6.92. The average molecular weight is 223 g/mol. The smallest absolute Gasteiger partial charge is 0.0234 e. The van der Waals surface area contributed by atoms with Gasteiger partial charge >= 0.3 is 0 Å². The SMILES string of the molecule is CCC1CCCC(C2(N)CCCC2(C)C)C1. The highest BCUT2D eigenvalue weighted by molar-refractivity contribution is 5.07. The van der Waals surface area contributed by atoms with Crippen LogP contribution in [0.3, 0.4) is 0 Å². The number of rotatable bonds is 2. The summed E-state index contributed by atoms with van der Waals surface area (Å²) in [5, 5.41) is 0. The molecule has 0 amide bonds. The molecule has 2 fully saturated rings. The van der Waals surface area contributed by atoms with Crippen molar-refractivity contribution < 1.29 is 0 Å². The third-order valence-electron chi connectivity index (χ3n) is 5.74. The Morgan fingerprint density at radius 3 is 2.44 bits per heavy atom. The number of nitrogens with two attached hydrogens (primary N) is 1. The van der Waals surface area contributed by atoms with Crippen LogP contribution in [0.15, 0.2) is 0 Å². The van der Waals surface area contributed by atoms with E-state index in [1.807, 2.05) is 0 Å². The number of hydrogen-bond donors (Lipinski definition) is 1. The largest absolute Gasteiger partial charge is 0.324 e. The molecule has 1 heteroatoms. The summed E-state index contributed by atoms with van der Waals surface area (Å²) < 4.78 is 0. The molecule has 2 N–H and O–H groups in total. The van der Waals surface area contributed by atoms with E-state index in [0.717, 1.165) is 11.8 Å². The molecule has 0 bridgehead atoms. The average Bonchev–Trinajstić information content (AvgIpc) is 2.55. The van der Waals surface area contributed by atoms with Crippen LogP contribution in [-0.4, -0.2) is 5.54 Å². The highest BCUT2D eigenvalue weighted by Gasteiger charge is 2.51. The minimum Gasteiger partial charge on any atom is -0.324 e. The van der Waals surface area contributed by atoms with Crippen molar-refractivity contribution in [3.63, 3.8) is 0 Å². The molecule has 0 aromatic rings. The van der Waals surface area contributed by atoms with E-state index >= 15 is 0 Å². The van der Waals surface area contributed by atoms with Gasteiger partial charge in [0.05, 0.1) is 0 Å². The highest BCUT2D eigenvalue weighted by Crippen LogP contribution is 2.52. The fraction of sp³-hybridized carbons (Fsp3) is 1.00. The van der Waals surface area contributed by atoms with Crippen molar-refractivity contribution in [2.24, 2.45) is 23.0 Å². The summed E-state index contributed by atoms with van der Waals surface area (Å²) in [5.41, 5.74) is 7.34. The first-order valence-corrected chi connectivity index (χ1v) is 7.28. The van der Waals surface area contributed by atoms with Crippen LogP contribution < -0.4 is 5.73 Å². The maximum atomic E-state index is 6.83. The molecule has 0 radical (unpaired) electrons. The van der Waals surface area contributed by atoms with E-state index < -0.39 is 0 Å². The van der Waals surface area contributed by atoms with E-state index in [1.54, 1.807) is 0 Å². The fourth-order valence-electron chi connectivity index (χ4n) is 4.28. The van der Waals surface area contributed by atoms with Crippen LogP contribution in [0.1, 0.15) is 72.1 Å². The molecule has 2 rings (SSSR count). The molecule has 0 spiro atoms. The summed E-state index contributed by atoms with van der Waals surface area (Å²) in [5.74, 6) is 1.75. The van der Waals surface area contributed by atoms with Crippen molar-refractivity contribution in [2.45, 2.75) is 77.7 Å². The third-order valence-corrected chi connectivity index (χ3v) is 5.74. The quantitative estimate of drug-likeness (QED) is 0.749. The van der Waals surface area contributed by atoms with Crippen molar-refractivity contribution in [3.8, 4) is 0 Å². The summed E-state index contributed by atoms with van der Waals surface area (Å²) in [6.07, 6.45) is 10.9. The van der Waals surface area contributed by atoms with Crippen molar-refractivity contribution in [2.75, 3.05) is 0 Å². The summed E-state index contributed by atoms with van der Waals surface area (Å²) in [6.45, 7) is 7.14. The Morgan fingerprint density at radius 1 is 1.12 bits per heavy atom. The molecule has 2 aliphatic rings. The molecule has 3 atom stereocenters. The normalized spacial score (nSPS) is 43.5. The summed E-state index contributed by atoms with van der Waals surface area (Å²) >= 11 is 0. The molecular weight excluding hydrogens is 194 g/mol. The van der Waals surface area contributed by atoms with Crippen LogP contribution in [0.2, 0.25) is 0 Å². The molecular formula is C15H29N. The Kier molecular flexibility index (Phi) is 3.36. The number of hydrogen-bond acceptors (Lipinski definition) is 1. The lowest BCUT2D eigenvalue weighted by molar-refractivity contribution is 0.0805. The summed E-state index contributed by atoms with van der Waals surface area (Å²) in [6, 6.07) is 0. The topological polar surface area (TPSA) is 26.0 Å². The third kappa shape index (κ3) is 1.92.